The van der Waals surface area contributed by atoms with Crippen molar-refractivity contribution in [2.24, 2.45) is 0 Å². The van der Waals surface area contributed by atoms with Crippen LogP contribution in [0.2, 0.25) is 5.02 Å². The third kappa shape index (κ3) is 3.68. The van der Waals surface area contributed by atoms with Crippen LogP contribution in [0.1, 0.15) is 42.1 Å². The van der Waals surface area contributed by atoms with E-state index in [0.717, 1.165) is 27.9 Å². The van der Waals surface area contributed by atoms with Crippen LogP contribution in [0.4, 0.5) is 0 Å². The molecule has 0 radical (unpaired) electrons. The average molecular weight is 367 g/mol. The summed E-state index contributed by atoms with van der Waals surface area (Å²) < 4.78 is 1.05. The van der Waals surface area contributed by atoms with E-state index in [4.69, 9.17) is 11.6 Å². The van der Waals surface area contributed by atoms with Crippen molar-refractivity contribution in [2.75, 3.05) is 7.05 Å². The van der Waals surface area contributed by atoms with Crippen LogP contribution in [0.15, 0.2) is 40.9 Å². The van der Waals surface area contributed by atoms with Crippen LogP contribution in [0, 0.1) is 0 Å². The molecule has 0 bridgehead atoms. The number of hydrogen-bond donors (Lipinski definition) is 1. The van der Waals surface area contributed by atoms with Crippen LogP contribution < -0.4 is 5.32 Å². The van der Waals surface area contributed by atoms with E-state index < -0.39 is 0 Å². The molecule has 2 aromatic rings. The maximum Gasteiger partial charge on any atom is 0.0592 e. The molecule has 0 amide bonds. The van der Waals surface area contributed by atoms with Gasteiger partial charge in [-0.2, -0.15) is 0 Å². The quantitative estimate of drug-likeness (QED) is 0.733. The Bertz CT molecular complexity index is 625. The lowest BCUT2D eigenvalue weighted by molar-refractivity contribution is 0.682. The van der Waals surface area contributed by atoms with Gasteiger partial charge in [0, 0.05) is 9.50 Å². The zero-order valence-electron chi connectivity index (χ0n) is 12.7. The third-order valence-electron chi connectivity index (χ3n) is 3.87. The van der Waals surface area contributed by atoms with Crippen molar-refractivity contribution in [2.45, 2.75) is 32.7 Å². The summed E-state index contributed by atoms with van der Waals surface area (Å²) >= 11 is 9.97. The molecule has 0 fully saturated rings. The highest BCUT2D eigenvalue weighted by Crippen LogP contribution is 2.33. The van der Waals surface area contributed by atoms with Gasteiger partial charge in [-0.15, -0.1) is 0 Å². The average Bonchev–Trinajstić information content (AvgIpc) is 2.51. The second kappa shape index (κ2) is 7.44. The van der Waals surface area contributed by atoms with Gasteiger partial charge in [0.25, 0.3) is 0 Å². The Labute approximate surface area is 140 Å². The van der Waals surface area contributed by atoms with E-state index in [0.29, 0.717) is 0 Å². The van der Waals surface area contributed by atoms with Gasteiger partial charge in [0.15, 0.2) is 0 Å². The Hall–Kier alpha value is -0.830. The zero-order valence-corrected chi connectivity index (χ0v) is 15.1. The lowest BCUT2D eigenvalue weighted by atomic mass is 9.91. The summed E-state index contributed by atoms with van der Waals surface area (Å²) in [6.07, 6.45) is 2.06. The Balaban J connectivity index is 2.57. The second-order valence-corrected chi connectivity index (χ2v) is 6.45. The molecule has 0 aliphatic rings. The van der Waals surface area contributed by atoms with E-state index in [1.54, 1.807) is 0 Å². The van der Waals surface area contributed by atoms with Gasteiger partial charge in [0.05, 0.1) is 6.04 Å². The molecule has 0 aliphatic carbocycles. The lowest BCUT2D eigenvalue weighted by Crippen LogP contribution is -2.20. The predicted molar refractivity (Wildman–Crippen MR) is 95.3 cm³/mol. The van der Waals surface area contributed by atoms with Gasteiger partial charge < -0.3 is 5.32 Å². The molecule has 0 heterocycles. The van der Waals surface area contributed by atoms with Gasteiger partial charge in [-0.3, -0.25) is 0 Å². The molecule has 0 aliphatic heterocycles. The molecule has 1 nitrogen and oxygen atoms in total. The number of rotatable bonds is 5. The molecule has 2 aromatic carbocycles. The van der Waals surface area contributed by atoms with E-state index in [-0.39, 0.29) is 6.04 Å². The zero-order chi connectivity index (χ0) is 15.4. The first-order valence-electron chi connectivity index (χ1n) is 7.34. The standard InChI is InChI=1S/C18H21BrClN/c1-4-12-6-7-13(5-2)15(10-12)18(21-3)16-11-14(19)8-9-17(16)20/h6-11,18,21H,4-5H2,1-3H3. The van der Waals surface area contributed by atoms with Crippen LogP contribution in [0.3, 0.4) is 0 Å². The first-order valence-corrected chi connectivity index (χ1v) is 8.51. The summed E-state index contributed by atoms with van der Waals surface area (Å²) in [6.45, 7) is 4.38. The summed E-state index contributed by atoms with van der Waals surface area (Å²) in [7, 11) is 1.99. The van der Waals surface area contributed by atoms with Crippen molar-refractivity contribution in [3.05, 3.63) is 68.1 Å². The van der Waals surface area contributed by atoms with Crippen LogP contribution in [0.5, 0.6) is 0 Å². The van der Waals surface area contributed by atoms with E-state index >= 15 is 0 Å². The maximum atomic E-state index is 6.43. The summed E-state index contributed by atoms with van der Waals surface area (Å²) in [5.41, 5.74) is 5.15. The molecule has 0 saturated heterocycles. The fourth-order valence-electron chi connectivity index (χ4n) is 2.67. The summed E-state index contributed by atoms with van der Waals surface area (Å²) in [4.78, 5) is 0. The van der Waals surface area contributed by atoms with Crippen molar-refractivity contribution in [1.29, 1.82) is 0 Å². The molecule has 112 valence electrons. The predicted octanol–water partition coefficient (Wildman–Crippen LogP) is 5.54. The molecular weight excluding hydrogens is 346 g/mol. The Kier molecular flexibility index (Phi) is 5.86. The molecule has 1 unspecified atom stereocenters. The van der Waals surface area contributed by atoms with Crippen LogP contribution >= 0.6 is 27.5 Å². The maximum absolute atomic E-state index is 6.43. The molecule has 1 atom stereocenters. The SMILES string of the molecule is CCc1ccc(CC)c(C(NC)c2cc(Br)ccc2Cl)c1. The normalized spacial score (nSPS) is 12.4. The van der Waals surface area contributed by atoms with Crippen LogP contribution in [-0.4, -0.2) is 7.05 Å². The molecule has 1 N–H and O–H groups in total. The number of benzene rings is 2. The highest BCUT2D eigenvalue weighted by molar-refractivity contribution is 9.10. The first kappa shape index (κ1) is 16.5. The van der Waals surface area contributed by atoms with E-state index in [1.165, 1.54) is 16.7 Å². The molecule has 3 heteroatoms. The molecule has 0 saturated carbocycles. The van der Waals surface area contributed by atoms with E-state index in [2.05, 4.69) is 59.4 Å². The van der Waals surface area contributed by atoms with Gasteiger partial charge >= 0.3 is 0 Å². The smallest absolute Gasteiger partial charge is 0.0592 e. The fraction of sp³-hybridized carbons (Fsp3) is 0.333. The molecule has 21 heavy (non-hydrogen) atoms. The minimum Gasteiger partial charge on any atom is -0.309 e. The highest BCUT2D eigenvalue weighted by Gasteiger charge is 2.18. The van der Waals surface area contributed by atoms with Gasteiger partial charge in [0.2, 0.25) is 0 Å². The molecular formula is C18H21BrClN. The Morgan fingerprint density at radius 1 is 1.05 bits per heavy atom. The lowest BCUT2D eigenvalue weighted by Gasteiger charge is -2.22. The van der Waals surface area contributed by atoms with Gasteiger partial charge in [0.1, 0.15) is 0 Å². The topological polar surface area (TPSA) is 12.0 Å². The Morgan fingerprint density at radius 2 is 1.81 bits per heavy atom. The fourth-order valence-corrected chi connectivity index (χ4v) is 3.27. The summed E-state index contributed by atoms with van der Waals surface area (Å²) in [5, 5.41) is 4.22. The van der Waals surface area contributed by atoms with Crippen LogP contribution in [-0.2, 0) is 12.8 Å². The molecule has 0 spiro atoms. The minimum atomic E-state index is 0.108. The monoisotopic (exact) mass is 365 g/mol. The van der Waals surface area contributed by atoms with E-state index in [9.17, 15) is 0 Å². The number of hydrogen-bond acceptors (Lipinski definition) is 1. The van der Waals surface area contributed by atoms with Crippen molar-refractivity contribution in [3.63, 3.8) is 0 Å². The van der Waals surface area contributed by atoms with Crippen molar-refractivity contribution >= 4 is 27.5 Å². The first-order chi connectivity index (χ1) is 10.1. The summed E-state index contributed by atoms with van der Waals surface area (Å²) in [5.74, 6) is 0. The van der Waals surface area contributed by atoms with Gasteiger partial charge in [-0.1, -0.05) is 59.6 Å². The van der Waals surface area contributed by atoms with Crippen molar-refractivity contribution in [3.8, 4) is 0 Å². The summed E-state index contributed by atoms with van der Waals surface area (Å²) in [6, 6.07) is 12.9. The minimum absolute atomic E-state index is 0.108. The van der Waals surface area contributed by atoms with Gasteiger partial charge in [-0.05, 0) is 60.3 Å². The molecule has 0 aromatic heterocycles. The molecule has 2 rings (SSSR count). The number of aryl methyl sites for hydroxylation is 2. The third-order valence-corrected chi connectivity index (χ3v) is 4.71. The largest absolute Gasteiger partial charge is 0.309 e. The number of halogens is 2. The van der Waals surface area contributed by atoms with Crippen molar-refractivity contribution < 1.29 is 0 Å². The number of nitrogens with one attached hydrogen (secondary N) is 1. The second-order valence-electron chi connectivity index (χ2n) is 5.13. The van der Waals surface area contributed by atoms with Gasteiger partial charge in [-0.25, -0.2) is 0 Å². The van der Waals surface area contributed by atoms with E-state index in [1.807, 2.05) is 19.2 Å². The highest BCUT2D eigenvalue weighted by atomic mass is 79.9. The Morgan fingerprint density at radius 3 is 2.43 bits per heavy atom. The van der Waals surface area contributed by atoms with Crippen molar-refractivity contribution in [1.82, 2.24) is 5.32 Å². The van der Waals surface area contributed by atoms with Crippen LogP contribution in [0.25, 0.3) is 0 Å².